The summed E-state index contributed by atoms with van der Waals surface area (Å²) in [7, 11) is 2.09. The second kappa shape index (κ2) is 8.37. The molecule has 0 saturated carbocycles. The topological polar surface area (TPSA) is 32.3 Å². The molecular weight excluding hydrogens is 323 g/mol. The predicted molar refractivity (Wildman–Crippen MR) is 83.4 cm³/mol. The second-order valence-corrected chi connectivity index (χ2v) is 6.02. The fourth-order valence-corrected chi connectivity index (χ4v) is 2.14. The van der Waals surface area contributed by atoms with Crippen LogP contribution in [-0.4, -0.2) is 37.0 Å². The molecule has 0 aliphatic rings. The summed E-state index contributed by atoms with van der Waals surface area (Å²) in [5.74, 6) is -0.648. The average Bonchev–Trinajstić information content (AvgIpc) is 2.40. The molecule has 0 aliphatic heterocycles. The zero-order chi connectivity index (χ0) is 15.1. The first kappa shape index (κ1) is 17.1. The van der Waals surface area contributed by atoms with Crippen LogP contribution in [0.5, 0.6) is 0 Å². The number of unbranched alkanes of at least 4 members (excludes halogenated alkanes) is 1. The first-order chi connectivity index (χ1) is 9.41. The van der Waals surface area contributed by atoms with Gasteiger partial charge in [0.2, 0.25) is 0 Å². The number of halogens is 2. The maximum Gasteiger partial charge on any atom is 0.252 e. The van der Waals surface area contributed by atoms with Gasteiger partial charge in [-0.25, -0.2) is 4.39 Å². The summed E-state index contributed by atoms with van der Waals surface area (Å²) in [6.45, 7) is 5.93. The Balaban J connectivity index is 2.32. The van der Waals surface area contributed by atoms with Crippen LogP contribution in [-0.2, 0) is 0 Å². The van der Waals surface area contributed by atoms with Gasteiger partial charge in [0.15, 0.2) is 0 Å². The van der Waals surface area contributed by atoms with Gasteiger partial charge in [0, 0.05) is 17.1 Å². The largest absolute Gasteiger partial charge is 0.352 e. The number of amides is 1. The quantitative estimate of drug-likeness (QED) is 0.768. The summed E-state index contributed by atoms with van der Waals surface area (Å²) in [4.78, 5) is 14.2. The number of hydrogen-bond donors (Lipinski definition) is 1. The van der Waals surface area contributed by atoms with E-state index in [2.05, 4.69) is 47.0 Å². The Labute approximate surface area is 128 Å². The minimum atomic E-state index is -0.406. The van der Waals surface area contributed by atoms with Crippen molar-refractivity contribution in [3.8, 4) is 0 Å². The maximum atomic E-state index is 13.1. The Morgan fingerprint density at radius 1 is 1.40 bits per heavy atom. The van der Waals surface area contributed by atoms with Crippen LogP contribution in [0.2, 0.25) is 0 Å². The Bertz CT molecular complexity index is 451. The molecule has 0 heterocycles. The highest BCUT2D eigenvalue weighted by Gasteiger charge is 2.10. The van der Waals surface area contributed by atoms with Gasteiger partial charge >= 0.3 is 0 Å². The minimum absolute atomic E-state index is 0.242. The van der Waals surface area contributed by atoms with Crippen LogP contribution in [0.25, 0.3) is 0 Å². The van der Waals surface area contributed by atoms with E-state index in [1.54, 1.807) is 6.07 Å². The third-order valence-electron chi connectivity index (χ3n) is 3.28. The van der Waals surface area contributed by atoms with Gasteiger partial charge < -0.3 is 10.2 Å². The van der Waals surface area contributed by atoms with Gasteiger partial charge in [-0.05, 0) is 74.4 Å². The van der Waals surface area contributed by atoms with Crippen LogP contribution in [0, 0.1) is 5.82 Å². The molecule has 1 aromatic rings. The van der Waals surface area contributed by atoms with Gasteiger partial charge in [-0.2, -0.15) is 0 Å². The fourth-order valence-electron chi connectivity index (χ4n) is 1.71. The molecule has 1 N–H and O–H groups in total. The van der Waals surface area contributed by atoms with E-state index in [4.69, 9.17) is 0 Å². The molecule has 0 unspecified atom stereocenters. The molecule has 1 rings (SSSR count). The smallest absolute Gasteiger partial charge is 0.252 e. The Kier molecular flexibility index (Phi) is 7.16. The minimum Gasteiger partial charge on any atom is -0.352 e. The lowest BCUT2D eigenvalue weighted by molar-refractivity contribution is 0.0951. The molecular formula is C15H22BrFN2O. The second-order valence-electron chi connectivity index (χ2n) is 5.16. The highest BCUT2D eigenvalue weighted by Crippen LogP contribution is 2.17. The summed E-state index contributed by atoms with van der Waals surface area (Å²) >= 11 is 3.25. The predicted octanol–water partition coefficient (Wildman–Crippen LogP) is 3.44. The van der Waals surface area contributed by atoms with Crippen molar-refractivity contribution >= 4 is 21.8 Å². The molecule has 0 atom stereocenters. The van der Waals surface area contributed by atoms with Gasteiger partial charge in [-0.15, -0.1) is 0 Å². The van der Waals surface area contributed by atoms with E-state index in [0.29, 0.717) is 22.6 Å². The van der Waals surface area contributed by atoms with Crippen molar-refractivity contribution in [3.63, 3.8) is 0 Å². The zero-order valence-corrected chi connectivity index (χ0v) is 13.8. The number of benzene rings is 1. The van der Waals surface area contributed by atoms with Crippen molar-refractivity contribution < 1.29 is 9.18 Å². The summed E-state index contributed by atoms with van der Waals surface area (Å²) < 4.78 is 13.7. The molecule has 0 saturated heterocycles. The normalized spacial score (nSPS) is 11.2. The highest BCUT2D eigenvalue weighted by molar-refractivity contribution is 9.10. The third kappa shape index (κ3) is 5.59. The summed E-state index contributed by atoms with van der Waals surface area (Å²) in [6, 6.07) is 4.64. The van der Waals surface area contributed by atoms with Crippen LogP contribution in [0.4, 0.5) is 4.39 Å². The van der Waals surface area contributed by atoms with Crippen molar-refractivity contribution in [2.24, 2.45) is 0 Å². The van der Waals surface area contributed by atoms with E-state index in [9.17, 15) is 9.18 Å². The number of nitrogens with zero attached hydrogens (tertiary/aromatic N) is 1. The standard InChI is InChI=1S/C15H22BrFN2O/c1-11(2)19(3)9-5-4-8-18-15(20)13-10-12(17)6-7-14(13)16/h6-7,10-11H,4-5,8-9H2,1-3H3,(H,18,20). The van der Waals surface area contributed by atoms with Gasteiger partial charge in [0.05, 0.1) is 5.56 Å². The lowest BCUT2D eigenvalue weighted by Crippen LogP contribution is -2.29. The van der Waals surface area contributed by atoms with E-state index >= 15 is 0 Å². The van der Waals surface area contributed by atoms with Gasteiger partial charge in [0.1, 0.15) is 5.82 Å². The maximum absolute atomic E-state index is 13.1. The highest BCUT2D eigenvalue weighted by atomic mass is 79.9. The average molecular weight is 345 g/mol. The van der Waals surface area contributed by atoms with Crippen LogP contribution >= 0.6 is 15.9 Å². The SMILES string of the molecule is CC(C)N(C)CCCCNC(=O)c1cc(F)ccc1Br. The van der Waals surface area contributed by atoms with Crippen LogP contribution < -0.4 is 5.32 Å². The van der Waals surface area contributed by atoms with Crippen LogP contribution in [0.15, 0.2) is 22.7 Å². The van der Waals surface area contributed by atoms with Gasteiger partial charge in [-0.3, -0.25) is 4.79 Å². The van der Waals surface area contributed by atoms with E-state index < -0.39 is 5.82 Å². The number of nitrogens with one attached hydrogen (secondary N) is 1. The lowest BCUT2D eigenvalue weighted by atomic mass is 10.2. The number of hydrogen-bond acceptors (Lipinski definition) is 2. The van der Waals surface area contributed by atoms with Crippen LogP contribution in [0.3, 0.4) is 0 Å². The van der Waals surface area contributed by atoms with E-state index in [1.807, 2.05) is 0 Å². The molecule has 0 spiro atoms. The Morgan fingerprint density at radius 3 is 2.75 bits per heavy atom. The summed E-state index contributed by atoms with van der Waals surface area (Å²) in [6.07, 6.45) is 1.94. The molecule has 112 valence electrons. The van der Waals surface area contributed by atoms with E-state index in [-0.39, 0.29) is 5.91 Å². The molecule has 1 aromatic carbocycles. The van der Waals surface area contributed by atoms with Crippen LogP contribution in [0.1, 0.15) is 37.0 Å². The van der Waals surface area contributed by atoms with Gasteiger partial charge in [-0.1, -0.05) is 0 Å². The Hall–Kier alpha value is -0.940. The van der Waals surface area contributed by atoms with Crippen molar-refractivity contribution in [3.05, 3.63) is 34.1 Å². The molecule has 0 bridgehead atoms. The van der Waals surface area contributed by atoms with Crippen molar-refractivity contribution in [2.45, 2.75) is 32.7 Å². The molecule has 1 amide bonds. The van der Waals surface area contributed by atoms with E-state index in [0.717, 1.165) is 19.4 Å². The number of carbonyl (C=O) groups is 1. The summed E-state index contributed by atoms with van der Waals surface area (Å²) in [5.41, 5.74) is 0.337. The molecule has 0 aliphatic carbocycles. The van der Waals surface area contributed by atoms with Crippen molar-refractivity contribution in [2.75, 3.05) is 20.1 Å². The lowest BCUT2D eigenvalue weighted by Gasteiger charge is -2.20. The zero-order valence-electron chi connectivity index (χ0n) is 12.2. The monoisotopic (exact) mass is 344 g/mol. The first-order valence-corrected chi connectivity index (χ1v) is 7.64. The van der Waals surface area contributed by atoms with Crippen molar-refractivity contribution in [1.82, 2.24) is 10.2 Å². The molecule has 0 aromatic heterocycles. The first-order valence-electron chi connectivity index (χ1n) is 6.85. The molecule has 0 radical (unpaired) electrons. The number of rotatable bonds is 7. The summed E-state index contributed by atoms with van der Waals surface area (Å²) in [5, 5.41) is 2.82. The number of carbonyl (C=O) groups excluding carboxylic acids is 1. The van der Waals surface area contributed by atoms with Gasteiger partial charge in [0.25, 0.3) is 5.91 Å². The molecule has 20 heavy (non-hydrogen) atoms. The van der Waals surface area contributed by atoms with E-state index in [1.165, 1.54) is 12.1 Å². The third-order valence-corrected chi connectivity index (χ3v) is 3.97. The van der Waals surface area contributed by atoms with Crippen molar-refractivity contribution in [1.29, 1.82) is 0 Å². The molecule has 3 nitrogen and oxygen atoms in total. The Morgan fingerprint density at radius 2 is 2.10 bits per heavy atom. The fraction of sp³-hybridized carbons (Fsp3) is 0.533. The molecule has 5 heteroatoms. The molecule has 0 fully saturated rings.